The molecule has 80 valence electrons. The molecule has 0 bridgehead atoms. The second-order valence-electron chi connectivity index (χ2n) is 5.16. The van der Waals surface area contributed by atoms with Gasteiger partial charge in [-0.05, 0) is 45.6 Å². The van der Waals surface area contributed by atoms with Gasteiger partial charge in [0.1, 0.15) is 0 Å². The van der Waals surface area contributed by atoms with E-state index in [1.807, 2.05) is 6.92 Å². The first-order valence-corrected chi connectivity index (χ1v) is 5.50. The van der Waals surface area contributed by atoms with Crippen molar-refractivity contribution >= 4 is 5.97 Å². The molecule has 2 atom stereocenters. The van der Waals surface area contributed by atoms with E-state index in [2.05, 4.69) is 11.8 Å². The first-order valence-electron chi connectivity index (χ1n) is 5.50. The molecule has 1 heterocycles. The Hall–Kier alpha value is -0.570. The Bertz CT molecular complexity index is 250. The van der Waals surface area contributed by atoms with Crippen molar-refractivity contribution in [2.24, 2.45) is 11.3 Å². The zero-order valence-electron chi connectivity index (χ0n) is 8.99. The summed E-state index contributed by atoms with van der Waals surface area (Å²) in [7, 11) is 0. The second kappa shape index (κ2) is 3.23. The van der Waals surface area contributed by atoms with Crippen molar-refractivity contribution in [2.45, 2.75) is 39.2 Å². The van der Waals surface area contributed by atoms with Gasteiger partial charge < -0.3 is 5.11 Å². The lowest BCUT2D eigenvalue weighted by Gasteiger charge is -2.25. The lowest BCUT2D eigenvalue weighted by Crippen LogP contribution is -2.37. The molecule has 2 unspecified atom stereocenters. The molecular formula is C11H19NO2. The topological polar surface area (TPSA) is 40.5 Å². The van der Waals surface area contributed by atoms with E-state index in [-0.39, 0.29) is 0 Å². The molecule has 3 heteroatoms. The number of carbonyl (C=O) groups is 1. The Kier molecular flexibility index (Phi) is 2.30. The Balaban J connectivity index is 1.96. The predicted molar refractivity (Wildman–Crippen MR) is 54.1 cm³/mol. The van der Waals surface area contributed by atoms with Gasteiger partial charge in [0.25, 0.3) is 0 Å². The maximum Gasteiger partial charge on any atom is 0.310 e. The molecule has 14 heavy (non-hydrogen) atoms. The second-order valence-corrected chi connectivity index (χ2v) is 5.16. The molecule has 0 radical (unpaired) electrons. The molecule has 0 spiro atoms. The molecule has 2 aliphatic rings. The zero-order chi connectivity index (χ0) is 10.3. The van der Waals surface area contributed by atoms with E-state index in [1.54, 1.807) is 0 Å². The lowest BCUT2D eigenvalue weighted by molar-refractivity contribution is -0.147. The molecule has 1 N–H and O–H groups in total. The average molecular weight is 197 g/mol. The molecular weight excluding hydrogens is 178 g/mol. The van der Waals surface area contributed by atoms with Gasteiger partial charge in [-0.25, -0.2) is 0 Å². The molecule has 1 saturated heterocycles. The van der Waals surface area contributed by atoms with Crippen LogP contribution in [0.15, 0.2) is 0 Å². The normalized spacial score (nSPS) is 35.9. The smallest absolute Gasteiger partial charge is 0.310 e. The number of carboxylic acids is 1. The van der Waals surface area contributed by atoms with Crippen molar-refractivity contribution in [3.63, 3.8) is 0 Å². The van der Waals surface area contributed by atoms with Crippen LogP contribution >= 0.6 is 0 Å². The molecule has 0 aromatic heterocycles. The molecule has 2 rings (SSSR count). The minimum absolute atomic E-state index is 0.497. The Morgan fingerprint density at radius 3 is 2.64 bits per heavy atom. The first-order chi connectivity index (χ1) is 6.53. The number of hydrogen-bond donors (Lipinski definition) is 1. The highest BCUT2D eigenvalue weighted by atomic mass is 16.4. The Morgan fingerprint density at radius 1 is 1.57 bits per heavy atom. The summed E-state index contributed by atoms with van der Waals surface area (Å²) in [5.74, 6) is 0.203. The summed E-state index contributed by atoms with van der Waals surface area (Å²) in [6.07, 6.45) is 3.47. The van der Waals surface area contributed by atoms with Crippen LogP contribution in [0.3, 0.4) is 0 Å². The molecule has 0 amide bonds. The molecule has 1 aliphatic carbocycles. The lowest BCUT2D eigenvalue weighted by atomic mass is 9.90. The van der Waals surface area contributed by atoms with Gasteiger partial charge >= 0.3 is 5.97 Å². The Morgan fingerprint density at radius 2 is 2.21 bits per heavy atom. The van der Waals surface area contributed by atoms with Gasteiger partial charge in [-0.15, -0.1) is 0 Å². The largest absolute Gasteiger partial charge is 0.481 e. The van der Waals surface area contributed by atoms with Crippen LogP contribution in [0.25, 0.3) is 0 Å². The molecule has 2 fully saturated rings. The number of hydrogen-bond acceptors (Lipinski definition) is 2. The van der Waals surface area contributed by atoms with E-state index in [4.69, 9.17) is 5.11 Å². The van der Waals surface area contributed by atoms with Gasteiger partial charge in [0, 0.05) is 12.6 Å². The van der Waals surface area contributed by atoms with Crippen LogP contribution in [-0.2, 0) is 4.79 Å². The number of nitrogens with zero attached hydrogens (tertiary/aromatic N) is 1. The SMILES string of the molecule is CC(C1CC1)N1CCC(C)(C(=O)O)C1. The fourth-order valence-electron chi connectivity index (χ4n) is 2.40. The molecule has 0 aromatic rings. The number of rotatable bonds is 3. The van der Waals surface area contributed by atoms with Crippen molar-refractivity contribution in [2.75, 3.05) is 13.1 Å². The van der Waals surface area contributed by atoms with E-state index < -0.39 is 11.4 Å². The molecule has 3 nitrogen and oxygen atoms in total. The molecule has 0 aromatic carbocycles. The Labute approximate surface area is 85.1 Å². The van der Waals surface area contributed by atoms with Crippen LogP contribution in [0.2, 0.25) is 0 Å². The highest BCUT2D eigenvalue weighted by molar-refractivity contribution is 5.74. The van der Waals surface area contributed by atoms with Gasteiger partial charge in [0.15, 0.2) is 0 Å². The van der Waals surface area contributed by atoms with Crippen LogP contribution in [0.4, 0.5) is 0 Å². The highest BCUT2D eigenvalue weighted by Crippen LogP contribution is 2.39. The summed E-state index contributed by atoms with van der Waals surface area (Å²) in [6, 6.07) is 0.594. The van der Waals surface area contributed by atoms with Crippen LogP contribution in [-0.4, -0.2) is 35.1 Å². The summed E-state index contributed by atoms with van der Waals surface area (Å²) >= 11 is 0. The third kappa shape index (κ3) is 1.65. The predicted octanol–water partition coefficient (Wildman–Crippen LogP) is 1.58. The van der Waals surface area contributed by atoms with Crippen molar-refractivity contribution in [1.29, 1.82) is 0 Å². The third-order valence-corrected chi connectivity index (χ3v) is 3.90. The van der Waals surface area contributed by atoms with Crippen LogP contribution in [0.1, 0.15) is 33.1 Å². The maximum atomic E-state index is 11.1. The van der Waals surface area contributed by atoms with Gasteiger partial charge in [0.2, 0.25) is 0 Å². The minimum atomic E-state index is -0.636. The van der Waals surface area contributed by atoms with E-state index >= 15 is 0 Å². The summed E-state index contributed by atoms with van der Waals surface area (Å²) < 4.78 is 0. The monoisotopic (exact) mass is 197 g/mol. The minimum Gasteiger partial charge on any atom is -0.481 e. The van der Waals surface area contributed by atoms with Crippen molar-refractivity contribution < 1.29 is 9.90 Å². The van der Waals surface area contributed by atoms with Crippen LogP contribution in [0.5, 0.6) is 0 Å². The van der Waals surface area contributed by atoms with Gasteiger partial charge in [-0.1, -0.05) is 0 Å². The van der Waals surface area contributed by atoms with Crippen LogP contribution in [0, 0.1) is 11.3 Å². The molecule has 1 aliphatic heterocycles. The van der Waals surface area contributed by atoms with Gasteiger partial charge in [-0.3, -0.25) is 9.69 Å². The maximum absolute atomic E-state index is 11.1. The fraction of sp³-hybridized carbons (Fsp3) is 0.909. The van der Waals surface area contributed by atoms with Crippen molar-refractivity contribution in [3.05, 3.63) is 0 Å². The van der Waals surface area contributed by atoms with E-state index in [0.717, 1.165) is 25.4 Å². The summed E-state index contributed by atoms with van der Waals surface area (Å²) in [5, 5.41) is 9.10. The standard InChI is InChI=1S/C11H19NO2/c1-8(9-3-4-9)12-6-5-11(2,7-12)10(13)14/h8-9H,3-7H2,1-2H3,(H,13,14). The third-order valence-electron chi connectivity index (χ3n) is 3.90. The number of likely N-dealkylation sites (tertiary alicyclic amines) is 1. The van der Waals surface area contributed by atoms with Gasteiger partial charge in [-0.2, -0.15) is 0 Å². The van der Waals surface area contributed by atoms with E-state index in [9.17, 15) is 4.79 Å². The zero-order valence-corrected chi connectivity index (χ0v) is 8.99. The van der Waals surface area contributed by atoms with Crippen LogP contribution < -0.4 is 0 Å². The fourth-order valence-corrected chi connectivity index (χ4v) is 2.40. The van der Waals surface area contributed by atoms with E-state index in [0.29, 0.717) is 6.04 Å². The van der Waals surface area contributed by atoms with Crippen molar-refractivity contribution in [3.8, 4) is 0 Å². The highest BCUT2D eigenvalue weighted by Gasteiger charge is 2.44. The average Bonchev–Trinajstić information content (AvgIpc) is 2.89. The number of carboxylic acid groups (broad SMARTS) is 1. The van der Waals surface area contributed by atoms with Crippen molar-refractivity contribution in [1.82, 2.24) is 4.90 Å². The first kappa shape index (κ1) is 9.97. The molecule has 1 saturated carbocycles. The summed E-state index contributed by atoms with van der Waals surface area (Å²) in [4.78, 5) is 13.4. The van der Waals surface area contributed by atoms with Gasteiger partial charge in [0.05, 0.1) is 5.41 Å². The van der Waals surface area contributed by atoms with E-state index in [1.165, 1.54) is 12.8 Å². The summed E-state index contributed by atoms with van der Waals surface area (Å²) in [6.45, 7) is 5.81. The number of aliphatic carboxylic acids is 1. The summed E-state index contributed by atoms with van der Waals surface area (Å²) in [5.41, 5.74) is -0.497. The quantitative estimate of drug-likeness (QED) is 0.746.